The number of carbonyl (C=O) groups excluding carboxylic acids is 2. The first-order valence-corrected chi connectivity index (χ1v) is 26.4. The van der Waals surface area contributed by atoms with Gasteiger partial charge >= 0.3 is 17.9 Å². The number of unbranched alkanes of at least 4 members (excludes halogenated alkanes) is 32. The van der Waals surface area contributed by atoms with Crippen molar-refractivity contribution in [1.82, 2.24) is 0 Å². The van der Waals surface area contributed by atoms with Crippen LogP contribution in [0, 0.1) is 0 Å². The summed E-state index contributed by atoms with van der Waals surface area (Å²) in [6.45, 7) is 4.90. The highest BCUT2D eigenvalue weighted by Gasteiger charge is 2.25. The molecule has 0 aliphatic rings. The Bertz CT molecular complexity index is 1030. The number of rotatable bonds is 49. The lowest BCUT2D eigenvalue weighted by atomic mass is 10.0. The minimum absolute atomic E-state index is 0.179. The van der Waals surface area contributed by atoms with Crippen LogP contribution in [-0.2, 0) is 33.3 Å². The van der Waals surface area contributed by atoms with Gasteiger partial charge in [0, 0.05) is 12.8 Å². The number of aliphatic carboxylic acids is 1. The zero-order valence-electron chi connectivity index (χ0n) is 41.6. The molecule has 0 aliphatic carbocycles. The van der Waals surface area contributed by atoms with E-state index in [-0.39, 0.29) is 32.2 Å². The quantitative estimate of drug-likeness (QED) is 0.0212. The van der Waals surface area contributed by atoms with Crippen LogP contribution in [0.15, 0.2) is 12.2 Å². The van der Waals surface area contributed by atoms with Crippen molar-refractivity contribution in [1.29, 1.82) is 0 Å². The molecule has 1 N–H and O–H groups in total. The third kappa shape index (κ3) is 46.0. The molecule has 0 fully saturated rings. The summed E-state index contributed by atoms with van der Waals surface area (Å²) in [7, 11) is 5.97. The van der Waals surface area contributed by atoms with Crippen molar-refractivity contribution in [3.05, 3.63) is 12.2 Å². The van der Waals surface area contributed by atoms with Crippen molar-refractivity contribution in [2.24, 2.45) is 0 Å². The largest absolute Gasteiger partial charge is 0.477 e. The molecule has 2 atom stereocenters. The van der Waals surface area contributed by atoms with Gasteiger partial charge in [0.1, 0.15) is 13.2 Å². The van der Waals surface area contributed by atoms with Crippen molar-refractivity contribution in [2.45, 2.75) is 264 Å². The number of nitrogens with zero attached hydrogens (tertiary/aromatic N) is 1. The van der Waals surface area contributed by atoms with Crippen LogP contribution in [0.25, 0.3) is 0 Å². The maximum atomic E-state index is 12.8. The summed E-state index contributed by atoms with van der Waals surface area (Å²) in [6.07, 6.45) is 47.1. The van der Waals surface area contributed by atoms with E-state index in [1.165, 1.54) is 167 Å². The van der Waals surface area contributed by atoms with Gasteiger partial charge < -0.3 is 28.5 Å². The first-order valence-electron chi connectivity index (χ1n) is 26.4. The fourth-order valence-electron chi connectivity index (χ4n) is 7.66. The van der Waals surface area contributed by atoms with E-state index in [0.717, 1.165) is 51.4 Å². The van der Waals surface area contributed by atoms with Crippen LogP contribution < -0.4 is 0 Å². The van der Waals surface area contributed by atoms with E-state index in [2.05, 4.69) is 26.0 Å². The Balaban J connectivity index is 4.25. The Morgan fingerprint density at radius 3 is 1.19 bits per heavy atom. The molecule has 62 heavy (non-hydrogen) atoms. The number of carboxylic acids is 1. The molecule has 0 rings (SSSR count). The number of ether oxygens (including phenoxy) is 4. The molecule has 0 saturated carbocycles. The molecular formula is C53H102NO8+. The van der Waals surface area contributed by atoms with Gasteiger partial charge in [0.25, 0.3) is 6.29 Å². The van der Waals surface area contributed by atoms with Crippen molar-refractivity contribution >= 4 is 17.9 Å². The van der Waals surface area contributed by atoms with Crippen LogP contribution in [0.1, 0.15) is 251 Å². The van der Waals surface area contributed by atoms with Crippen LogP contribution in [0.5, 0.6) is 0 Å². The monoisotopic (exact) mass is 881 g/mol. The van der Waals surface area contributed by atoms with Crippen LogP contribution >= 0.6 is 0 Å². The van der Waals surface area contributed by atoms with Crippen molar-refractivity contribution in [2.75, 3.05) is 47.5 Å². The molecule has 2 unspecified atom stereocenters. The summed E-state index contributed by atoms with van der Waals surface area (Å²) in [5.41, 5.74) is 0. The molecule has 366 valence electrons. The topological polar surface area (TPSA) is 108 Å². The highest BCUT2D eigenvalue weighted by atomic mass is 16.7. The number of carboxylic acid groups (broad SMARTS) is 1. The molecule has 9 heteroatoms. The first kappa shape index (κ1) is 60.0. The molecule has 0 aromatic heterocycles. The van der Waals surface area contributed by atoms with E-state index >= 15 is 0 Å². The lowest BCUT2D eigenvalue weighted by Gasteiger charge is -2.25. The van der Waals surface area contributed by atoms with E-state index in [1.54, 1.807) is 0 Å². The van der Waals surface area contributed by atoms with E-state index in [1.807, 2.05) is 21.1 Å². The van der Waals surface area contributed by atoms with Crippen LogP contribution in [-0.4, -0.2) is 87.4 Å². The zero-order chi connectivity index (χ0) is 45.6. The fourth-order valence-corrected chi connectivity index (χ4v) is 7.66. The Hall–Kier alpha value is -1.97. The highest BCUT2D eigenvalue weighted by molar-refractivity contribution is 5.71. The van der Waals surface area contributed by atoms with Gasteiger partial charge in [-0.3, -0.25) is 9.59 Å². The number of allylic oxidation sites excluding steroid dienone is 2. The normalized spacial score (nSPS) is 12.9. The lowest BCUT2D eigenvalue weighted by molar-refractivity contribution is -0.870. The van der Waals surface area contributed by atoms with Gasteiger partial charge in [0.2, 0.25) is 0 Å². The Morgan fingerprint density at radius 2 is 0.823 bits per heavy atom. The molecule has 0 amide bonds. The SMILES string of the molecule is CCCCCCCC/C=C\CCCCCCCC(=O)OC(COC(=O)CCCCCCCCCCCCCCCCCCCCCCCC)COC(OCC[N+](C)(C)C)C(=O)O. The number of hydrogen-bond donors (Lipinski definition) is 1. The number of quaternary nitrogens is 1. The molecule has 0 radical (unpaired) electrons. The number of carbonyl (C=O) groups is 3. The smallest absolute Gasteiger partial charge is 0.361 e. The second-order valence-electron chi connectivity index (χ2n) is 19.2. The summed E-state index contributed by atoms with van der Waals surface area (Å²) < 4.78 is 22.8. The third-order valence-electron chi connectivity index (χ3n) is 11.8. The second kappa shape index (κ2) is 45.6. The summed E-state index contributed by atoms with van der Waals surface area (Å²) in [6, 6.07) is 0. The molecule has 0 aromatic rings. The molecule has 0 aliphatic heterocycles. The van der Waals surface area contributed by atoms with E-state index in [4.69, 9.17) is 18.9 Å². The van der Waals surface area contributed by atoms with Crippen molar-refractivity contribution < 1.29 is 42.9 Å². The molecular weight excluding hydrogens is 779 g/mol. The first-order chi connectivity index (χ1) is 30.1. The average molecular weight is 881 g/mol. The van der Waals surface area contributed by atoms with Gasteiger partial charge in [-0.25, -0.2) is 4.79 Å². The predicted octanol–water partition coefficient (Wildman–Crippen LogP) is 14.6. The maximum Gasteiger partial charge on any atom is 0.361 e. The van der Waals surface area contributed by atoms with Crippen molar-refractivity contribution in [3.8, 4) is 0 Å². The zero-order valence-corrected chi connectivity index (χ0v) is 41.6. The van der Waals surface area contributed by atoms with E-state index < -0.39 is 24.3 Å². The average Bonchev–Trinajstić information content (AvgIpc) is 3.23. The Labute approximate surface area is 383 Å². The van der Waals surface area contributed by atoms with Crippen LogP contribution in [0.2, 0.25) is 0 Å². The maximum absolute atomic E-state index is 12.8. The molecule has 0 heterocycles. The summed E-state index contributed by atoms with van der Waals surface area (Å²) >= 11 is 0. The number of hydrogen-bond acceptors (Lipinski definition) is 7. The van der Waals surface area contributed by atoms with Gasteiger partial charge in [0.05, 0.1) is 34.4 Å². The third-order valence-corrected chi connectivity index (χ3v) is 11.8. The van der Waals surface area contributed by atoms with Gasteiger partial charge in [-0.1, -0.05) is 212 Å². The number of likely N-dealkylation sites (N-methyl/N-ethyl adjacent to an activating group) is 1. The second-order valence-corrected chi connectivity index (χ2v) is 19.2. The standard InChI is InChI=1S/C53H101NO8/c1-6-8-10-12-14-16-18-20-22-23-24-25-26-27-28-30-31-33-35-37-39-41-43-50(55)60-47-49(48-61-53(52(57)58)59-46-45-54(3,4)5)62-51(56)44-42-40-38-36-34-32-29-21-19-17-15-13-11-9-7-2/h21,29,49,53H,6-20,22-28,30-48H2,1-5H3/p+1/b29-21-. The lowest BCUT2D eigenvalue weighted by Crippen LogP contribution is -2.40. The minimum atomic E-state index is -1.51. The van der Waals surface area contributed by atoms with Gasteiger partial charge in [-0.05, 0) is 38.5 Å². The van der Waals surface area contributed by atoms with E-state index in [9.17, 15) is 19.5 Å². The number of esters is 2. The molecule has 9 nitrogen and oxygen atoms in total. The molecule has 0 saturated heterocycles. The highest BCUT2D eigenvalue weighted by Crippen LogP contribution is 2.17. The van der Waals surface area contributed by atoms with Gasteiger partial charge in [-0.2, -0.15) is 0 Å². The molecule has 0 bridgehead atoms. The summed E-state index contributed by atoms with van der Waals surface area (Å²) in [4.78, 5) is 37.3. The molecule has 0 aromatic carbocycles. The Morgan fingerprint density at radius 1 is 0.468 bits per heavy atom. The van der Waals surface area contributed by atoms with Crippen molar-refractivity contribution in [3.63, 3.8) is 0 Å². The van der Waals surface area contributed by atoms with Crippen LogP contribution in [0.4, 0.5) is 0 Å². The predicted molar refractivity (Wildman–Crippen MR) is 258 cm³/mol. The summed E-state index contributed by atoms with van der Waals surface area (Å²) in [5.74, 6) is -2.00. The van der Waals surface area contributed by atoms with E-state index in [0.29, 0.717) is 23.9 Å². The Kier molecular flexibility index (Phi) is 44.1. The fraction of sp³-hybridized carbons (Fsp3) is 0.906. The van der Waals surface area contributed by atoms with Gasteiger partial charge in [0.15, 0.2) is 6.10 Å². The minimum Gasteiger partial charge on any atom is -0.477 e. The van der Waals surface area contributed by atoms with Crippen LogP contribution in [0.3, 0.4) is 0 Å². The summed E-state index contributed by atoms with van der Waals surface area (Å²) in [5, 5.41) is 9.66. The molecule has 0 spiro atoms. The van der Waals surface area contributed by atoms with Gasteiger partial charge in [-0.15, -0.1) is 0 Å².